The first-order chi connectivity index (χ1) is 14.7. The van der Waals surface area contributed by atoms with Gasteiger partial charge in [-0.1, -0.05) is 40.7 Å². The number of benzene rings is 1. The highest BCUT2D eigenvalue weighted by atomic mass is 35.5. The maximum absolute atomic E-state index is 6.10. The van der Waals surface area contributed by atoms with Crippen LogP contribution in [0.15, 0.2) is 18.2 Å². The smallest absolute Gasteiger partial charge is 0.144 e. The van der Waals surface area contributed by atoms with Gasteiger partial charge in [0.1, 0.15) is 12.4 Å². The second-order valence-electron chi connectivity index (χ2n) is 11.4. The third-order valence-electron chi connectivity index (χ3n) is 7.49. The van der Waals surface area contributed by atoms with E-state index in [0.29, 0.717) is 5.41 Å². The molecule has 180 valence electrons. The van der Waals surface area contributed by atoms with Gasteiger partial charge in [0.2, 0.25) is 0 Å². The van der Waals surface area contributed by atoms with Gasteiger partial charge in [-0.15, -0.1) is 12.4 Å². The second kappa shape index (κ2) is 10.3. The normalized spacial score (nSPS) is 22.2. The summed E-state index contributed by atoms with van der Waals surface area (Å²) in [5.41, 5.74) is 6.02. The van der Waals surface area contributed by atoms with Crippen molar-refractivity contribution in [3.05, 3.63) is 23.8 Å². The number of nitrogens with zero attached hydrogens (tertiary/aromatic N) is 3. The first-order valence-corrected chi connectivity index (χ1v) is 12.4. The molecule has 0 radical (unpaired) electrons. The lowest BCUT2D eigenvalue weighted by Gasteiger charge is -2.39. The highest BCUT2D eigenvalue weighted by Gasteiger charge is 2.29. The molecular weight excluding hydrogens is 418 g/mol. The van der Waals surface area contributed by atoms with Crippen LogP contribution >= 0.6 is 12.4 Å². The van der Waals surface area contributed by atoms with E-state index < -0.39 is 0 Å². The molecule has 0 N–H and O–H groups in total. The van der Waals surface area contributed by atoms with E-state index in [-0.39, 0.29) is 12.4 Å². The third kappa shape index (κ3) is 5.56. The van der Waals surface area contributed by atoms with E-state index in [4.69, 9.17) is 4.74 Å². The van der Waals surface area contributed by atoms with Gasteiger partial charge in [0.15, 0.2) is 0 Å². The molecule has 4 nitrogen and oxygen atoms in total. The van der Waals surface area contributed by atoms with Crippen LogP contribution in [0.1, 0.15) is 59.4 Å². The van der Waals surface area contributed by atoms with Crippen molar-refractivity contribution in [3.63, 3.8) is 0 Å². The van der Waals surface area contributed by atoms with E-state index in [9.17, 15) is 0 Å². The van der Waals surface area contributed by atoms with Crippen molar-refractivity contribution >= 4 is 29.4 Å². The van der Waals surface area contributed by atoms with Crippen molar-refractivity contribution in [2.45, 2.75) is 53.9 Å². The Bertz CT molecular complexity index is 806. The zero-order valence-electron chi connectivity index (χ0n) is 21.1. The minimum absolute atomic E-state index is 0. The first kappa shape index (κ1) is 25.2. The second-order valence-corrected chi connectivity index (χ2v) is 11.4. The molecule has 0 amide bonds. The SMILES string of the molecule is CC(C)CN1CCN(c2cc3c(cc2C2=CCC(C(C)(C)C)CC2)N(C)CCO3)CC1.Cl. The minimum atomic E-state index is 0. The summed E-state index contributed by atoms with van der Waals surface area (Å²) >= 11 is 0. The summed E-state index contributed by atoms with van der Waals surface area (Å²) in [6.07, 6.45) is 6.22. The van der Waals surface area contributed by atoms with E-state index in [1.165, 1.54) is 42.7 Å². The number of hydrogen-bond acceptors (Lipinski definition) is 4. The van der Waals surface area contributed by atoms with Crippen LogP contribution < -0.4 is 14.5 Å². The number of fused-ring (bicyclic) bond motifs is 1. The zero-order chi connectivity index (χ0) is 22.2. The zero-order valence-corrected chi connectivity index (χ0v) is 21.9. The molecule has 1 saturated heterocycles. The van der Waals surface area contributed by atoms with Crippen LogP contribution in [0.4, 0.5) is 11.4 Å². The Kier molecular flexibility index (Phi) is 8.09. The summed E-state index contributed by atoms with van der Waals surface area (Å²) in [5.74, 6) is 2.57. The van der Waals surface area contributed by atoms with Crippen molar-refractivity contribution in [2.24, 2.45) is 17.3 Å². The van der Waals surface area contributed by atoms with Gasteiger partial charge in [-0.3, -0.25) is 4.90 Å². The molecular formula is C27H44ClN3O. The lowest BCUT2D eigenvalue weighted by Crippen LogP contribution is -2.47. The molecule has 0 aromatic heterocycles. The molecule has 0 bridgehead atoms. The molecule has 2 aliphatic heterocycles. The fourth-order valence-electron chi connectivity index (χ4n) is 5.46. The van der Waals surface area contributed by atoms with Crippen molar-refractivity contribution in [1.82, 2.24) is 4.90 Å². The Morgan fingerprint density at radius 2 is 1.75 bits per heavy atom. The molecule has 5 heteroatoms. The van der Waals surface area contributed by atoms with Gasteiger partial charge < -0.3 is 14.5 Å². The number of anilines is 2. The van der Waals surface area contributed by atoms with Crippen molar-refractivity contribution in [3.8, 4) is 5.75 Å². The molecule has 1 unspecified atom stereocenters. The number of hydrogen-bond donors (Lipinski definition) is 0. The van der Waals surface area contributed by atoms with E-state index in [1.807, 2.05) is 0 Å². The van der Waals surface area contributed by atoms with Gasteiger partial charge in [-0.25, -0.2) is 0 Å². The van der Waals surface area contributed by atoms with Gasteiger partial charge in [-0.2, -0.15) is 0 Å². The van der Waals surface area contributed by atoms with Gasteiger partial charge >= 0.3 is 0 Å². The summed E-state index contributed by atoms with van der Waals surface area (Å²) < 4.78 is 6.10. The van der Waals surface area contributed by atoms with Gasteiger partial charge in [0.25, 0.3) is 0 Å². The van der Waals surface area contributed by atoms with Gasteiger partial charge in [-0.05, 0) is 48.2 Å². The van der Waals surface area contributed by atoms with Crippen molar-refractivity contribution in [2.75, 3.05) is 62.7 Å². The number of piperazine rings is 1. The lowest BCUT2D eigenvalue weighted by atomic mass is 9.72. The van der Waals surface area contributed by atoms with Crippen LogP contribution in [-0.4, -0.2) is 57.8 Å². The molecule has 1 fully saturated rings. The summed E-state index contributed by atoms with van der Waals surface area (Å²) in [6, 6.07) is 4.77. The number of ether oxygens (including phenoxy) is 1. The Hall–Kier alpha value is -1.39. The Morgan fingerprint density at radius 1 is 1.03 bits per heavy atom. The van der Waals surface area contributed by atoms with Crippen molar-refractivity contribution < 1.29 is 4.74 Å². The quantitative estimate of drug-likeness (QED) is 0.551. The maximum atomic E-state index is 6.10. The molecule has 1 atom stereocenters. The minimum Gasteiger partial charge on any atom is -0.489 e. The standard InChI is InChI=1S/C27H43N3O.ClH/c1-20(2)19-29-11-13-30(14-12-29)24-18-26-25(28(6)15-16-31-26)17-23(24)21-7-9-22(10-8-21)27(3,4)5;/h7,17-18,20,22H,8-16,19H2,1-6H3;1H. The van der Waals surface area contributed by atoms with E-state index in [1.54, 1.807) is 5.57 Å². The largest absolute Gasteiger partial charge is 0.489 e. The van der Waals surface area contributed by atoms with E-state index in [0.717, 1.165) is 56.9 Å². The fraction of sp³-hybridized carbons (Fsp3) is 0.704. The van der Waals surface area contributed by atoms with Crippen LogP contribution in [0.2, 0.25) is 0 Å². The maximum Gasteiger partial charge on any atom is 0.144 e. The van der Waals surface area contributed by atoms with Gasteiger partial charge in [0, 0.05) is 57.1 Å². The molecule has 0 saturated carbocycles. The topological polar surface area (TPSA) is 19.0 Å². The van der Waals surface area contributed by atoms with Crippen LogP contribution in [0.3, 0.4) is 0 Å². The number of allylic oxidation sites excluding steroid dienone is 2. The highest BCUT2D eigenvalue weighted by Crippen LogP contribution is 2.45. The molecule has 4 rings (SSSR count). The number of halogens is 1. The summed E-state index contributed by atoms with van der Waals surface area (Å²) in [6.45, 7) is 19.3. The Morgan fingerprint density at radius 3 is 2.34 bits per heavy atom. The molecule has 0 spiro atoms. The summed E-state index contributed by atoms with van der Waals surface area (Å²) in [4.78, 5) is 7.59. The van der Waals surface area contributed by atoms with Crippen LogP contribution in [0.5, 0.6) is 5.75 Å². The summed E-state index contributed by atoms with van der Waals surface area (Å²) in [5, 5.41) is 0. The molecule has 32 heavy (non-hydrogen) atoms. The monoisotopic (exact) mass is 461 g/mol. The average molecular weight is 462 g/mol. The predicted molar refractivity (Wildman–Crippen MR) is 141 cm³/mol. The van der Waals surface area contributed by atoms with Crippen LogP contribution in [0.25, 0.3) is 5.57 Å². The predicted octanol–water partition coefficient (Wildman–Crippen LogP) is 5.94. The average Bonchev–Trinajstić information content (AvgIpc) is 2.73. The molecule has 3 aliphatic rings. The Balaban J connectivity index is 0.00000289. The highest BCUT2D eigenvalue weighted by molar-refractivity contribution is 5.85. The van der Waals surface area contributed by atoms with Crippen molar-refractivity contribution in [1.29, 1.82) is 0 Å². The van der Waals surface area contributed by atoms with E-state index in [2.05, 4.69) is 74.6 Å². The summed E-state index contributed by atoms with van der Waals surface area (Å²) in [7, 11) is 2.19. The fourth-order valence-corrected chi connectivity index (χ4v) is 5.46. The lowest BCUT2D eigenvalue weighted by molar-refractivity contribution is 0.225. The Labute approximate surface area is 202 Å². The van der Waals surface area contributed by atoms with Crippen LogP contribution in [-0.2, 0) is 0 Å². The third-order valence-corrected chi connectivity index (χ3v) is 7.49. The molecule has 1 aromatic carbocycles. The van der Waals surface area contributed by atoms with Crippen LogP contribution in [0, 0.1) is 17.3 Å². The molecule has 2 heterocycles. The molecule has 1 aromatic rings. The number of rotatable bonds is 4. The molecule has 1 aliphatic carbocycles. The van der Waals surface area contributed by atoms with E-state index >= 15 is 0 Å². The van der Waals surface area contributed by atoms with Gasteiger partial charge in [0.05, 0.1) is 12.2 Å². The number of likely N-dealkylation sites (N-methyl/N-ethyl adjacent to an activating group) is 1. The first-order valence-electron chi connectivity index (χ1n) is 12.4.